The van der Waals surface area contributed by atoms with Crippen molar-refractivity contribution in [3.05, 3.63) is 78.4 Å². The Bertz CT molecular complexity index is 1010. The highest BCUT2D eigenvalue weighted by atomic mass is 32.1. The van der Waals surface area contributed by atoms with Crippen molar-refractivity contribution in [2.45, 2.75) is 50.2 Å². The second-order valence-electron chi connectivity index (χ2n) is 8.15. The van der Waals surface area contributed by atoms with Crippen LogP contribution in [0.4, 0.5) is 0 Å². The molecule has 0 unspecified atom stereocenters. The fourth-order valence-corrected chi connectivity index (χ4v) is 5.31. The van der Waals surface area contributed by atoms with Crippen LogP contribution in [-0.2, 0) is 0 Å². The lowest BCUT2D eigenvalue weighted by Gasteiger charge is -2.37. The number of aromatic hydroxyl groups is 1. The maximum atomic E-state index is 9.72. The number of thiocarbonyl (C=S) groups is 1. The molecule has 3 aromatic rings. The average Bonchev–Trinajstić information content (AvgIpc) is 3.40. The van der Waals surface area contributed by atoms with Gasteiger partial charge in [0.2, 0.25) is 0 Å². The molecule has 6 heteroatoms. The van der Waals surface area contributed by atoms with Crippen molar-refractivity contribution in [3.8, 4) is 11.4 Å². The predicted octanol–water partition coefficient (Wildman–Crippen LogP) is 4.88. The molecule has 0 bridgehead atoms. The van der Waals surface area contributed by atoms with E-state index >= 15 is 0 Å². The number of nitrogens with one attached hydrogen (secondary N) is 1. The molecule has 1 aliphatic carbocycles. The van der Waals surface area contributed by atoms with E-state index in [1.807, 2.05) is 30.5 Å². The lowest BCUT2D eigenvalue weighted by Crippen LogP contribution is -2.40. The highest BCUT2D eigenvalue weighted by molar-refractivity contribution is 7.80. The molecule has 5 nitrogen and oxygen atoms in total. The first-order chi connectivity index (χ1) is 14.7. The summed E-state index contributed by atoms with van der Waals surface area (Å²) in [6, 6.07) is 18.2. The molecule has 30 heavy (non-hydrogen) atoms. The third-order valence-electron chi connectivity index (χ3n) is 6.31. The van der Waals surface area contributed by atoms with Gasteiger partial charge in [-0.15, -0.1) is 0 Å². The number of hydrogen-bond donors (Lipinski definition) is 2. The molecule has 3 heterocycles. The Hall–Kier alpha value is -2.86. The molecule has 5 rings (SSSR count). The first-order valence-corrected chi connectivity index (χ1v) is 11.1. The minimum atomic E-state index is -0.00797. The molecule has 2 aliphatic rings. The first kappa shape index (κ1) is 19.1. The number of phenols is 1. The van der Waals surface area contributed by atoms with Gasteiger partial charge in [-0.05, 0) is 73.6 Å². The van der Waals surface area contributed by atoms with Crippen LogP contribution in [0.15, 0.2) is 67.0 Å². The Labute approximate surface area is 182 Å². The highest BCUT2D eigenvalue weighted by Gasteiger charge is 2.44. The summed E-state index contributed by atoms with van der Waals surface area (Å²) < 4.78 is 2.20. The maximum Gasteiger partial charge on any atom is 0.170 e. The Balaban J connectivity index is 1.60. The minimum Gasteiger partial charge on any atom is -0.508 e. The number of rotatable bonds is 4. The van der Waals surface area contributed by atoms with Crippen molar-refractivity contribution >= 4 is 17.3 Å². The van der Waals surface area contributed by atoms with E-state index in [0.29, 0.717) is 6.04 Å². The molecule has 1 aromatic carbocycles. The van der Waals surface area contributed by atoms with Crippen molar-refractivity contribution < 1.29 is 5.11 Å². The van der Waals surface area contributed by atoms with Gasteiger partial charge in [-0.1, -0.05) is 25.3 Å². The molecule has 0 spiro atoms. The molecule has 0 amide bonds. The van der Waals surface area contributed by atoms with Crippen LogP contribution in [-0.4, -0.2) is 30.7 Å². The third kappa shape index (κ3) is 3.45. The lowest BCUT2D eigenvalue weighted by molar-refractivity contribution is 0.193. The fraction of sp³-hybridized carbons (Fsp3) is 0.333. The summed E-state index contributed by atoms with van der Waals surface area (Å²) in [6.07, 6.45) is 10.1. The van der Waals surface area contributed by atoms with Crippen LogP contribution in [0.3, 0.4) is 0 Å². The molecule has 2 atom stereocenters. The Morgan fingerprint density at radius 2 is 1.77 bits per heavy atom. The molecular weight excluding hydrogens is 392 g/mol. The van der Waals surface area contributed by atoms with Crippen LogP contribution < -0.4 is 5.32 Å². The van der Waals surface area contributed by atoms with Gasteiger partial charge in [-0.2, -0.15) is 0 Å². The van der Waals surface area contributed by atoms with Crippen molar-refractivity contribution in [2.75, 3.05) is 0 Å². The van der Waals surface area contributed by atoms with E-state index in [4.69, 9.17) is 12.2 Å². The summed E-state index contributed by atoms with van der Waals surface area (Å²) >= 11 is 5.87. The Morgan fingerprint density at radius 3 is 2.50 bits per heavy atom. The number of benzene rings is 1. The second-order valence-corrected chi connectivity index (χ2v) is 8.53. The fourth-order valence-electron chi connectivity index (χ4n) is 4.92. The van der Waals surface area contributed by atoms with Crippen LogP contribution >= 0.6 is 12.2 Å². The van der Waals surface area contributed by atoms with Crippen LogP contribution in [0, 0.1) is 0 Å². The monoisotopic (exact) mass is 418 g/mol. The summed E-state index contributed by atoms with van der Waals surface area (Å²) in [4.78, 5) is 7.09. The molecule has 154 valence electrons. The summed E-state index contributed by atoms with van der Waals surface area (Å²) in [5.41, 5.74) is 3.20. The number of nitrogens with zero attached hydrogens (tertiary/aromatic N) is 3. The van der Waals surface area contributed by atoms with E-state index in [-0.39, 0.29) is 17.8 Å². The third-order valence-corrected chi connectivity index (χ3v) is 6.64. The topological polar surface area (TPSA) is 53.3 Å². The zero-order valence-electron chi connectivity index (χ0n) is 16.8. The normalized spacial score (nSPS) is 22.3. The van der Waals surface area contributed by atoms with Gasteiger partial charge < -0.3 is 19.9 Å². The number of hydrogen-bond acceptors (Lipinski definition) is 3. The van der Waals surface area contributed by atoms with E-state index < -0.39 is 0 Å². The molecule has 1 saturated carbocycles. The van der Waals surface area contributed by atoms with Crippen molar-refractivity contribution in [1.82, 2.24) is 19.8 Å². The summed E-state index contributed by atoms with van der Waals surface area (Å²) in [5, 5.41) is 14.1. The van der Waals surface area contributed by atoms with Crippen LogP contribution in [0.1, 0.15) is 55.6 Å². The molecule has 2 fully saturated rings. The van der Waals surface area contributed by atoms with Crippen molar-refractivity contribution in [3.63, 3.8) is 0 Å². The molecule has 2 aromatic heterocycles. The van der Waals surface area contributed by atoms with Gasteiger partial charge in [0, 0.05) is 29.8 Å². The largest absolute Gasteiger partial charge is 0.508 e. The molecule has 1 aliphatic heterocycles. The quantitative estimate of drug-likeness (QED) is 0.591. The van der Waals surface area contributed by atoms with E-state index in [2.05, 4.69) is 44.2 Å². The minimum absolute atomic E-state index is 0.00797. The van der Waals surface area contributed by atoms with E-state index in [9.17, 15) is 5.11 Å². The Kier molecular flexibility index (Phi) is 5.17. The van der Waals surface area contributed by atoms with Gasteiger partial charge in [-0.25, -0.2) is 0 Å². The van der Waals surface area contributed by atoms with Crippen LogP contribution in [0.2, 0.25) is 0 Å². The summed E-state index contributed by atoms with van der Waals surface area (Å²) in [6.45, 7) is 0. The van der Waals surface area contributed by atoms with Crippen molar-refractivity contribution in [1.29, 1.82) is 0 Å². The molecule has 1 saturated heterocycles. The maximum absolute atomic E-state index is 9.72. The molecule has 0 radical (unpaired) electrons. The Morgan fingerprint density at radius 1 is 0.967 bits per heavy atom. The number of phenolic OH excluding ortho intramolecular Hbond substituents is 1. The summed E-state index contributed by atoms with van der Waals surface area (Å²) in [5.74, 6) is 0.270. The van der Waals surface area contributed by atoms with Gasteiger partial charge in [0.1, 0.15) is 5.75 Å². The SMILES string of the molecule is Oc1ccc(-n2cccc2[C@@H]2[C@@H](c3ccccn3)NC(=S)N2C2CCCCC2)cc1. The van der Waals surface area contributed by atoms with Crippen LogP contribution in [0.5, 0.6) is 5.75 Å². The van der Waals surface area contributed by atoms with Gasteiger partial charge in [0.25, 0.3) is 0 Å². The molecule has 2 N–H and O–H groups in total. The van der Waals surface area contributed by atoms with Gasteiger partial charge in [-0.3, -0.25) is 4.98 Å². The van der Waals surface area contributed by atoms with E-state index in [0.717, 1.165) is 16.5 Å². The molecular formula is C24H26N4OS. The average molecular weight is 419 g/mol. The van der Waals surface area contributed by atoms with Gasteiger partial charge >= 0.3 is 0 Å². The first-order valence-electron chi connectivity index (χ1n) is 10.7. The standard InChI is InChI=1S/C24H26N4OS/c29-19-13-11-17(12-14-19)27-16-6-10-21(27)23-22(20-9-4-5-15-25-20)26-24(30)28(23)18-7-2-1-3-8-18/h4-6,9-16,18,22-23,29H,1-3,7-8H2,(H,26,30)/t22-,23-/m1/s1. The highest BCUT2D eigenvalue weighted by Crippen LogP contribution is 2.43. The lowest BCUT2D eigenvalue weighted by atomic mass is 9.92. The smallest absolute Gasteiger partial charge is 0.170 e. The van der Waals surface area contributed by atoms with E-state index in [1.54, 1.807) is 12.1 Å². The van der Waals surface area contributed by atoms with E-state index in [1.165, 1.54) is 37.8 Å². The van der Waals surface area contributed by atoms with Crippen LogP contribution in [0.25, 0.3) is 5.69 Å². The van der Waals surface area contributed by atoms with Gasteiger partial charge in [0.15, 0.2) is 5.11 Å². The second kappa shape index (κ2) is 8.11. The predicted molar refractivity (Wildman–Crippen MR) is 122 cm³/mol. The zero-order chi connectivity index (χ0) is 20.5. The van der Waals surface area contributed by atoms with Gasteiger partial charge in [0.05, 0.1) is 17.8 Å². The number of aromatic nitrogens is 2. The van der Waals surface area contributed by atoms with Crippen molar-refractivity contribution in [2.24, 2.45) is 0 Å². The summed E-state index contributed by atoms with van der Waals surface area (Å²) in [7, 11) is 0. The zero-order valence-corrected chi connectivity index (χ0v) is 17.6. The number of pyridine rings is 1.